The van der Waals surface area contributed by atoms with Crippen molar-refractivity contribution >= 4 is 17.5 Å². The van der Waals surface area contributed by atoms with Crippen LogP contribution in [0.15, 0.2) is 42.5 Å². The largest absolute Gasteiger partial charge is 0.494 e. The average molecular weight is 344 g/mol. The molecule has 0 radical (unpaired) electrons. The van der Waals surface area contributed by atoms with Crippen molar-refractivity contribution < 1.29 is 18.7 Å². The van der Waals surface area contributed by atoms with Crippen LogP contribution in [0.25, 0.3) is 0 Å². The molecule has 0 aliphatic heterocycles. The Kier molecular flexibility index (Phi) is 6.11. The van der Waals surface area contributed by atoms with E-state index in [0.717, 1.165) is 11.1 Å². The first kappa shape index (κ1) is 18.4. The van der Waals surface area contributed by atoms with Gasteiger partial charge in [-0.3, -0.25) is 9.59 Å². The fraction of sp³-hybridized carbons (Fsp3) is 0.263. The first-order valence-electron chi connectivity index (χ1n) is 8.02. The molecule has 0 aliphatic rings. The van der Waals surface area contributed by atoms with Gasteiger partial charge in [0.2, 0.25) is 0 Å². The van der Waals surface area contributed by atoms with Crippen LogP contribution in [0, 0.1) is 12.7 Å². The van der Waals surface area contributed by atoms with Crippen molar-refractivity contribution in [3.05, 3.63) is 59.4 Å². The minimum atomic E-state index is -0.928. The molecule has 2 N–H and O–H groups in total. The fourth-order valence-electron chi connectivity index (χ4n) is 2.37. The number of hydrogen-bond acceptors (Lipinski definition) is 3. The second-order valence-electron chi connectivity index (χ2n) is 5.60. The number of halogens is 1. The summed E-state index contributed by atoms with van der Waals surface area (Å²) in [6.45, 7) is 6.05. The van der Waals surface area contributed by atoms with Gasteiger partial charge < -0.3 is 15.4 Å². The van der Waals surface area contributed by atoms with Gasteiger partial charge in [0, 0.05) is 5.56 Å². The van der Waals surface area contributed by atoms with Gasteiger partial charge in [-0.2, -0.15) is 0 Å². The summed E-state index contributed by atoms with van der Waals surface area (Å²) in [5, 5.41) is 4.87. The van der Waals surface area contributed by atoms with Crippen LogP contribution in [0.1, 0.15) is 31.0 Å². The normalized spacial score (nSPS) is 11.5. The lowest BCUT2D eigenvalue weighted by atomic mass is 10.0. The molecule has 0 saturated heterocycles. The van der Waals surface area contributed by atoms with Crippen LogP contribution in [-0.2, 0) is 9.59 Å². The molecule has 5 nitrogen and oxygen atoms in total. The number of ether oxygens (including phenoxy) is 1. The first-order valence-corrected chi connectivity index (χ1v) is 8.02. The summed E-state index contributed by atoms with van der Waals surface area (Å²) in [6, 6.07) is 10.9. The number of carbonyl (C=O) groups excluding carboxylic acids is 2. The van der Waals surface area contributed by atoms with Gasteiger partial charge in [0.25, 0.3) is 0 Å². The van der Waals surface area contributed by atoms with Crippen molar-refractivity contribution in [1.82, 2.24) is 5.32 Å². The summed E-state index contributed by atoms with van der Waals surface area (Å²) in [7, 11) is 0. The maximum atomic E-state index is 13.6. The van der Waals surface area contributed by atoms with E-state index < -0.39 is 23.7 Å². The number of para-hydroxylation sites is 1. The van der Waals surface area contributed by atoms with Gasteiger partial charge in [-0.1, -0.05) is 29.8 Å². The van der Waals surface area contributed by atoms with Gasteiger partial charge in [-0.15, -0.1) is 0 Å². The Morgan fingerprint density at radius 1 is 1.16 bits per heavy atom. The Hall–Kier alpha value is -2.89. The maximum Gasteiger partial charge on any atom is 0.313 e. The number of benzene rings is 2. The molecule has 0 fully saturated rings. The fourth-order valence-corrected chi connectivity index (χ4v) is 2.37. The second-order valence-corrected chi connectivity index (χ2v) is 5.60. The van der Waals surface area contributed by atoms with Gasteiger partial charge in [-0.05, 0) is 39.0 Å². The molecule has 0 saturated carbocycles. The molecule has 0 aliphatic carbocycles. The summed E-state index contributed by atoms with van der Waals surface area (Å²) >= 11 is 0. The van der Waals surface area contributed by atoms with Crippen LogP contribution in [0.4, 0.5) is 10.1 Å². The Morgan fingerprint density at radius 2 is 1.88 bits per heavy atom. The third-order valence-electron chi connectivity index (χ3n) is 3.61. The van der Waals surface area contributed by atoms with Gasteiger partial charge in [0.15, 0.2) is 0 Å². The molecule has 0 aromatic heterocycles. The second kappa shape index (κ2) is 8.28. The molecular weight excluding hydrogens is 323 g/mol. The number of amides is 2. The van der Waals surface area contributed by atoms with E-state index >= 15 is 0 Å². The van der Waals surface area contributed by atoms with Gasteiger partial charge >= 0.3 is 11.8 Å². The lowest BCUT2D eigenvalue weighted by molar-refractivity contribution is -0.136. The van der Waals surface area contributed by atoms with E-state index in [2.05, 4.69) is 10.6 Å². The Bertz CT molecular complexity index is 777. The van der Waals surface area contributed by atoms with Crippen LogP contribution >= 0.6 is 0 Å². The molecule has 0 spiro atoms. The van der Waals surface area contributed by atoms with Crippen molar-refractivity contribution in [2.24, 2.45) is 0 Å². The number of nitrogens with one attached hydrogen (secondary N) is 2. The van der Waals surface area contributed by atoms with Gasteiger partial charge in [0.1, 0.15) is 11.6 Å². The molecule has 0 bridgehead atoms. The molecule has 1 atom stereocenters. The summed E-state index contributed by atoms with van der Waals surface area (Å²) < 4.78 is 19.1. The minimum absolute atomic E-state index is 0.0409. The highest BCUT2D eigenvalue weighted by molar-refractivity contribution is 6.39. The molecule has 0 heterocycles. The van der Waals surface area contributed by atoms with Gasteiger partial charge in [-0.25, -0.2) is 4.39 Å². The van der Waals surface area contributed by atoms with Gasteiger partial charge in [0.05, 0.1) is 18.3 Å². The Labute approximate surface area is 146 Å². The van der Waals surface area contributed by atoms with E-state index in [4.69, 9.17) is 4.74 Å². The van der Waals surface area contributed by atoms with E-state index in [1.807, 2.05) is 32.0 Å². The third-order valence-corrected chi connectivity index (χ3v) is 3.61. The summed E-state index contributed by atoms with van der Waals surface area (Å²) in [5.41, 5.74) is 1.74. The highest BCUT2D eigenvalue weighted by Gasteiger charge is 2.20. The molecule has 6 heteroatoms. The van der Waals surface area contributed by atoms with E-state index in [0.29, 0.717) is 12.4 Å². The van der Waals surface area contributed by atoms with Crippen molar-refractivity contribution in [3.63, 3.8) is 0 Å². The van der Waals surface area contributed by atoms with Crippen LogP contribution in [0.3, 0.4) is 0 Å². The summed E-state index contributed by atoms with van der Waals surface area (Å²) in [5.74, 6) is -1.73. The zero-order valence-electron chi connectivity index (χ0n) is 14.4. The predicted octanol–water partition coefficient (Wildman–Crippen LogP) is 3.35. The highest BCUT2D eigenvalue weighted by Crippen LogP contribution is 2.26. The zero-order chi connectivity index (χ0) is 18.4. The van der Waals surface area contributed by atoms with Crippen LogP contribution < -0.4 is 15.4 Å². The zero-order valence-corrected chi connectivity index (χ0v) is 14.4. The van der Waals surface area contributed by atoms with Crippen LogP contribution in [0.2, 0.25) is 0 Å². The number of anilines is 1. The quantitative estimate of drug-likeness (QED) is 0.818. The van der Waals surface area contributed by atoms with Crippen LogP contribution in [-0.4, -0.2) is 18.4 Å². The van der Waals surface area contributed by atoms with E-state index in [1.165, 1.54) is 18.2 Å². The highest BCUT2D eigenvalue weighted by atomic mass is 19.1. The summed E-state index contributed by atoms with van der Waals surface area (Å²) in [6.07, 6.45) is 0. The SMILES string of the molecule is CCOc1ccc(C)cc1C(C)NC(=O)C(=O)Nc1ccccc1F. The molecule has 2 aromatic carbocycles. The molecule has 132 valence electrons. The standard InChI is InChI=1S/C19H21FN2O3/c1-4-25-17-10-9-12(2)11-14(17)13(3)21-18(23)19(24)22-16-8-6-5-7-15(16)20/h5-11,13H,4H2,1-3H3,(H,21,23)(H,22,24). The molecule has 1 unspecified atom stereocenters. The number of hydrogen-bond donors (Lipinski definition) is 2. The Morgan fingerprint density at radius 3 is 2.56 bits per heavy atom. The smallest absolute Gasteiger partial charge is 0.313 e. The topological polar surface area (TPSA) is 67.4 Å². The van der Waals surface area contributed by atoms with E-state index in [-0.39, 0.29) is 5.69 Å². The molecule has 2 aromatic rings. The average Bonchev–Trinajstić information content (AvgIpc) is 2.58. The molecule has 2 rings (SSSR count). The van der Waals surface area contributed by atoms with E-state index in [1.54, 1.807) is 13.0 Å². The molecular formula is C19H21FN2O3. The number of aryl methyl sites for hydroxylation is 1. The van der Waals surface area contributed by atoms with Crippen molar-refractivity contribution in [2.45, 2.75) is 26.8 Å². The third kappa shape index (κ3) is 4.79. The Balaban J connectivity index is 2.08. The van der Waals surface area contributed by atoms with E-state index in [9.17, 15) is 14.0 Å². The van der Waals surface area contributed by atoms with Crippen molar-refractivity contribution in [1.29, 1.82) is 0 Å². The predicted molar refractivity (Wildman–Crippen MR) is 93.9 cm³/mol. The molecule has 25 heavy (non-hydrogen) atoms. The monoisotopic (exact) mass is 344 g/mol. The maximum absolute atomic E-state index is 13.6. The number of rotatable bonds is 5. The summed E-state index contributed by atoms with van der Waals surface area (Å²) in [4.78, 5) is 24.1. The first-order chi connectivity index (χ1) is 11.9. The molecule has 2 amide bonds. The lowest BCUT2D eigenvalue weighted by Crippen LogP contribution is -2.37. The van der Waals surface area contributed by atoms with Crippen molar-refractivity contribution in [3.8, 4) is 5.75 Å². The van der Waals surface area contributed by atoms with Crippen molar-refractivity contribution in [2.75, 3.05) is 11.9 Å². The number of carbonyl (C=O) groups is 2. The van der Waals surface area contributed by atoms with Crippen LogP contribution in [0.5, 0.6) is 5.75 Å². The minimum Gasteiger partial charge on any atom is -0.494 e. The lowest BCUT2D eigenvalue weighted by Gasteiger charge is -2.18.